The third kappa shape index (κ3) is 2.76. The molecule has 102 valence electrons. The summed E-state index contributed by atoms with van der Waals surface area (Å²) in [6.45, 7) is 6.30. The van der Waals surface area contributed by atoms with Gasteiger partial charge in [-0.1, -0.05) is 6.07 Å². The SMILES string of the molecule is CCN(Cc1ccccn1)c1c(CN)c(C)nn1C. The molecule has 5 nitrogen and oxygen atoms in total. The van der Waals surface area contributed by atoms with Crippen LogP contribution in [0.25, 0.3) is 0 Å². The Labute approximate surface area is 114 Å². The summed E-state index contributed by atoms with van der Waals surface area (Å²) in [5.41, 5.74) is 9.01. The molecule has 0 spiro atoms. The van der Waals surface area contributed by atoms with Crippen molar-refractivity contribution in [3.05, 3.63) is 41.3 Å². The fourth-order valence-corrected chi connectivity index (χ4v) is 2.35. The minimum absolute atomic E-state index is 0.508. The highest BCUT2D eigenvalue weighted by Crippen LogP contribution is 2.23. The Morgan fingerprint density at radius 3 is 2.74 bits per heavy atom. The number of nitrogens with zero attached hydrogens (tertiary/aromatic N) is 4. The van der Waals surface area contributed by atoms with Crippen LogP contribution < -0.4 is 10.6 Å². The maximum atomic E-state index is 5.86. The number of anilines is 1. The molecule has 2 aromatic heterocycles. The van der Waals surface area contributed by atoms with Gasteiger partial charge in [0, 0.05) is 31.9 Å². The predicted molar refractivity (Wildman–Crippen MR) is 76.8 cm³/mol. The zero-order valence-electron chi connectivity index (χ0n) is 11.8. The molecule has 0 aliphatic rings. The van der Waals surface area contributed by atoms with E-state index < -0.39 is 0 Å². The molecule has 0 aliphatic heterocycles. The van der Waals surface area contributed by atoms with Crippen LogP contribution in [0.5, 0.6) is 0 Å². The summed E-state index contributed by atoms with van der Waals surface area (Å²) in [7, 11) is 1.96. The quantitative estimate of drug-likeness (QED) is 0.886. The summed E-state index contributed by atoms with van der Waals surface area (Å²) in [6, 6.07) is 5.97. The van der Waals surface area contributed by atoms with Crippen molar-refractivity contribution < 1.29 is 0 Å². The number of hydrogen-bond acceptors (Lipinski definition) is 4. The second-order valence-corrected chi connectivity index (χ2v) is 4.55. The molecule has 2 N–H and O–H groups in total. The number of pyridine rings is 1. The lowest BCUT2D eigenvalue weighted by Crippen LogP contribution is -2.26. The maximum absolute atomic E-state index is 5.86. The van der Waals surface area contributed by atoms with Crippen LogP contribution in [0.15, 0.2) is 24.4 Å². The second kappa shape index (κ2) is 5.84. The zero-order valence-corrected chi connectivity index (χ0v) is 11.8. The van der Waals surface area contributed by atoms with Gasteiger partial charge in [-0.15, -0.1) is 0 Å². The molecule has 5 heteroatoms. The van der Waals surface area contributed by atoms with E-state index in [1.165, 1.54) is 0 Å². The highest BCUT2D eigenvalue weighted by molar-refractivity contribution is 5.50. The van der Waals surface area contributed by atoms with Crippen LogP contribution in [0.3, 0.4) is 0 Å². The molecule has 0 aliphatic carbocycles. The first-order chi connectivity index (χ1) is 9.17. The molecule has 0 amide bonds. The number of aryl methyl sites for hydroxylation is 2. The predicted octanol–water partition coefficient (Wildman–Crippen LogP) is 1.61. The van der Waals surface area contributed by atoms with Crippen LogP contribution in [0.1, 0.15) is 23.9 Å². The first kappa shape index (κ1) is 13.5. The Hall–Kier alpha value is -1.88. The van der Waals surface area contributed by atoms with E-state index >= 15 is 0 Å². The minimum Gasteiger partial charge on any atom is -0.351 e. The largest absolute Gasteiger partial charge is 0.351 e. The number of rotatable bonds is 5. The molecule has 0 atom stereocenters. The van der Waals surface area contributed by atoms with E-state index in [9.17, 15) is 0 Å². The van der Waals surface area contributed by atoms with Crippen molar-refractivity contribution in [2.75, 3.05) is 11.4 Å². The van der Waals surface area contributed by atoms with E-state index in [0.717, 1.165) is 35.9 Å². The molecule has 0 saturated heterocycles. The monoisotopic (exact) mass is 259 g/mol. The van der Waals surface area contributed by atoms with Crippen molar-refractivity contribution in [3.63, 3.8) is 0 Å². The molecule has 0 aromatic carbocycles. The molecule has 0 bridgehead atoms. The lowest BCUT2D eigenvalue weighted by Gasteiger charge is -2.24. The third-order valence-electron chi connectivity index (χ3n) is 3.28. The zero-order chi connectivity index (χ0) is 13.8. The molecule has 0 unspecified atom stereocenters. The average Bonchev–Trinajstić information content (AvgIpc) is 2.71. The van der Waals surface area contributed by atoms with Crippen LogP contribution >= 0.6 is 0 Å². The maximum Gasteiger partial charge on any atom is 0.131 e. The van der Waals surface area contributed by atoms with Gasteiger partial charge in [0.2, 0.25) is 0 Å². The molecule has 2 rings (SSSR count). The normalized spacial score (nSPS) is 10.7. The van der Waals surface area contributed by atoms with E-state index in [4.69, 9.17) is 5.73 Å². The van der Waals surface area contributed by atoms with Crippen molar-refractivity contribution in [3.8, 4) is 0 Å². The van der Waals surface area contributed by atoms with Gasteiger partial charge in [0.25, 0.3) is 0 Å². The first-order valence-corrected chi connectivity index (χ1v) is 6.54. The average molecular weight is 259 g/mol. The highest BCUT2D eigenvalue weighted by Gasteiger charge is 2.17. The van der Waals surface area contributed by atoms with Gasteiger partial charge in [0.15, 0.2) is 0 Å². The van der Waals surface area contributed by atoms with Crippen molar-refractivity contribution in [2.45, 2.75) is 26.9 Å². The molecule has 2 heterocycles. The number of hydrogen-bond donors (Lipinski definition) is 1. The minimum atomic E-state index is 0.508. The summed E-state index contributed by atoms with van der Waals surface area (Å²) >= 11 is 0. The van der Waals surface area contributed by atoms with Gasteiger partial charge in [0.1, 0.15) is 5.82 Å². The van der Waals surface area contributed by atoms with Gasteiger partial charge >= 0.3 is 0 Å². The lowest BCUT2D eigenvalue weighted by atomic mass is 10.2. The van der Waals surface area contributed by atoms with Gasteiger partial charge in [-0.25, -0.2) is 0 Å². The molecule has 0 saturated carbocycles. The molecular weight excluding hydrogens is 238 g/mol. The van der Waals surface area contributed by atoms with Crippen molar-refractivity contribution in [1.82, 2.24) is 14.8 Å². The topological polar surface area (TPSA) is 60.0 Å². The van der Waals surface area contributed by atoms with Crippen LogP contribution in [0.2, 0.25) is 0 Å². The van der Waals surface area contributed by atoms with E-state index in [1.54, 1.807) is 0 Å². The fourth-order valence-electron chi connectivity index (χ4n) is 2.35. The molecular formula is C14H21N5. The Morgan fingerprint density at radius 2 is 2.16 bits per heavy atom. The summed E-state index contributed by atoms with van der Waals surface area (Å²) in [6.07, 6.45) is 1.82. The van der Waals surface area contributed by atoms with Gasteiger partial charge in [-0.2, -0.15) is 5.10 Å². The summed E-state index contributed by atoms with van der Waals surface area (Å²) in [5, 5.41) is 4.47. The fraction of sp³-hybridized carbons (Fsp3) is 0.429. The van der Waals surface area contributed by atoms with E-state index in [-0.39, 0.29) is 0 Å². The summed E-state index contributed by atoms with van der Waals surface area (Å²) in [5.74, 6) is 1.09. The van der Waals surface area contributed by atoms with E-state index in [2.05, 4.69) is 21.9 Å². The van der Waals surface area contributed by atoms with Gasteiger partial charge in [0.05, 0.1) is 17.9 Å². The van der Waals surface area contributed by atoms with Crippen molar-refractivity contribution in [1.29, 1.82) is 0 Å². The van der Waals surface area contributed by atoms with Crippen LogP contribution in [0.4, 0.5) is 5.82 Å². The van der Waals surface area contributed by atoms with Crippen molar-refractivity contribution in [2.24, 2.45) is 12.8 Å². The van der Waals surface area contributed by atoms with Gasteiger partial charge in [-0.3, -0.25) is 9.67 Å². The summed E-state index contributed by atoms with van der Waals surface area (Å²) < 4.78 is 1.91. The standard InChI is InChI=1S/C14H21N5/c1-4-19(10-12-7-5-6-8-16-12)14-13(9-15)11(2)17-18(14)3/h5-8H,4,9-10,15H2,1-3H3. The lowest BCUT2D eigenvalue weighted by molar-refractivity contribution is 0.698. The van der Waals surface area contributed by atoms with Gasteiger partial charge < -0.3 is 10.6 Å². The second-order valence-electron chi connectivity index (χ2n) is 4.55. The van der Waals surface area contributed by atoms with E-state index in [0.29, 0.717) is 6.54 Å². The summed E-state index contributed by atoms with van der Waals surface area (Å²) in [4.78, 5) is 6.64. The number of aromatic nitrogens is 3. The van der Waals surface area contributed by atoms with Crippen LogP contribution in [-0.2, 0) is 20.1 Å². The third-order valence-corrected chi connectivity index (χ3v) is 3.28. The Kier molecular flexibility index (Phi) is 4.16. The van der Waals surface area contributed by atoms with Crippen LogP contribution in [-0.4, -0.2) is 21.3 Å². The Balaban J connectivity index is 2.32. The molecule has 2 aromatic rings. The molecule has 19 heavy (non-hydrogen) atoms. The Bertz CT molecular complexity index is 532. The smallest absolute Gasteiger partial charge is 0.131 e. The Morgan fingerprint density at radius 1 is 1.37 bits per heavy atom. The molecule has 0 fully saturated rings. The highest BCUT2D eigenvalue weighted by atomic mass is 15.4. The van der Waals surface area contributed by atoms with Crippen LogP contribution in [0, 0.1) is 6.92 Å². The first-order valence-electron chi connectivity index (χ1n) is 6.54. The van der Waals surface area contributed by atoms with E-state index in [1.807, 2.05) is 43.0 Å². The van der Waals surface area contributed by atoms with Gasteiger partial charge in [-0.05, 0) is 26.0 Å². The van der Waals surface area contributed by atoms with Crippen molar-refractivity contribution >= 4 is 5.82 Å². The molecule has 0 radical (unpaired) electrons. The number of nitrogens with two attached hydrogens (primary N) is 1.